The quantitative estimate of drug-likeness (QED) is 0.0839. The first-order valence-corrected chi connectivity index (χ1v) is 33.6. The van der Waals surface area contributed by atoms with Crippen molar-refractivity contribution in [3.63, 3.8) is 0 Å². The summed E-state index contributed by atoms with van der Waals surface area (Å²) in [4.78, 5) is 28.5. The van der Waals surface area contributed by atoms with Crippen LogP contribution in [-0.4, -0.2) is 167 Å². The van der Waals surface area contributed by atoms with Gasteiger partial charge in [0.2, 0.25) is 5.91 Å². The van der Waals surface area contributed by atoms with E-state index in [1.807, 2.05) is 86.0 Å². The lowest BCUT2D eigenvalue weighted by Gasteiger charge is -1.99. The van der Waals surface area contributed by atoms with E-state index in [4.69, 9.17) is 61.9 Å². The summed E-state index contributed by atoms with van der Waals surface area (Å²) in [5.41, 5.74) is 20.5. The monoisotopic (exact) mass is 1340 g/mol. The highest BCUT2D eigenvalue weighted by atomic mass is 16.1. The molecule has 13 aromatic rings. The number of hydrogen-bond donors (Lipinski definition) is 6. The molecule has 0 spiro atoms. The van der Waals surface area contributed by atoms with Gasteiger partial charge in [0.1, 0.15) is 0 Å². The summed E-state index contributed by atoms with van der Waals surface area (Å²) in [6, 6.07) is 66.3. The lowest BCUT2D eigenvalue weighted by atomic mass is 9.59. The summed E-state index contributed by atoms with van der Waals surface area (Å²) in [7, 11) is 49.8. The molecule has 6 N–H and O–H groups in total. The largest absolute Gasteiger partial charge is 0.384 e. The number of H-pyrrole nitrogens is 4. The Morgan fingerprint density at radius 1 is 0.388 bits per heavy atom. The van der Waals surface area contributed by atoms with Gasteiger partial charge in [-0.25, -0.2) is 9.97 Å². The van der Waals surface area contributed by atoms with E-state index in [-0.39, 0.29) is 13.3 Å². The van der Waals surface area contributed by atoms with Crippen molar-refractivity contribution in [2.24, 2.45) is 0 Å². The van der Waals surface area contributed by atoms with Crippen LogP contribution in [-0.2, 0) is 17.6 Å². The van der Waals surface area contributed by atoms with E-state index in [0.29, 0.717) is 6.42 Å². The number of benzene rings is 9. The molecule has 4 aromatic heterocycles. The fourth-order valence-corrected chi connectivity index (χ4v) is 9.18. The summed E-state index contributed by atoms with van der Waals surface area (Å²) >= 11 is 0. The molecule has 0 aliphatic carbocycles. The van der Waals surface area contributed by atoms with E-state index in [0.717, 1.165) is 45.4 Å². The van der Waals surface area contributed by atoms with Gasteiger partial charge in [-0.05, 0) is 152 Å². The van der Waals surface area contributed by atoms with E-state index in [1.165, 1.54) is 141 Å². The molecule has 10 nitrogen and oxygen atoms in total. The van der Waals surface area contributed by atoms with Gasteiger partial charge >= 0.3 is 0 Å². The zero-order valence-electron chi connectivity index (χ0n) is 62.9. The van der Waals surface area contributed by atoms with E-state index < -0.39 is 0 Å². The maximum absolute atomic E-state index is 10.9. The van der Waals surface area contributed by atoms with Crippen LogP contribution >= 0.6 is 0 Å². The second kappa shape index (κ2) is 62.1. The van der Waals surface area contributed by atoms with Gasteiger partial charge in [-0.3, -0.25) is 9.89 Å². The van der Waals surface area contributed by atoms with Crippen molar-refractivity contribution in [2.75, 3.05) is 17.2 Å². The number of carbonyl (C=O) groups is 1. The van der Waals surface area contributed by atoms with Crippen molar-refractivity contribution in [3.05, 3.63) is 269 Å². The lowest BCUT2D eigenvalue weighted by molar-refractivity contribution is -0.115. The third-order valence-corrected chi connectivity index (χ3v) is 13.4. The first kappa shape index (κ1) is 96.6. The number of fused-ring (bicyclic) bond motifs is 7. The Bertz CT molecular complexity index is 3940. The van der Waals surface area contributed by atoms with Crippen LogP contribution < -0.4 is 10.6 Å². The van der Waals surface area contributed by atoms with Gasteiger partial charge in [-0.1, -0.05) is 170 Å². The molecule has 0 fully saturated rings. The zero-order valence-corrected chi connectivity index (χ0v) is 62.9. The first-order chi connectivity index (χ1) is 49.3. The lowest BCUT2D eigenvalue weighted by Crippen LogP contribution is -2.03. The Hall–Kier alpha value is -8.50. The average Bonchev–Trinajstić information content (AvgIpc) is 1.80. The van der Waals surface area contributed by atoms with Crippen LogP contribution in [0.1, 0.15) is 57.5 Å². The van der Waals surface area contributed by atoms with Crippen molar-refractivity contribution >= 4 is 191 Å². The molecule has 6 heterocycles. The topological polar surface area (TPSA) is 143 Å². The van der Waals surface area contributed by atoms with Gasteiger partial charge in [-0.15, -0.1) is 54.6 Å². The van der Waals surface area contributed by atoms with Crippen LogP contribution in [0, 0.1) is 48.5 Å². The summed E-state index contributed by atoms with van der Waals surface area (Å²) in [6.45, 7) is 29.9. The fraction of sp³-hybridized carbons (Fsp3) is 0.247. The number of anilines is 2. The van der Waals surface area contributed by atoms with E-state index >= 15 is 0 Å². The fourth-order valence-electron chi connectivity index (χ4n) is 9.18. The molecule has 103 heavy (non-hydrogen) atoms. The minimum Gasteiger partial charge on any atom is -0.384 e. The molecule has 0 unspecified atom stereocenters. The zero-order chi connectivity index (χ0) is 76.3. The number of carbonyl (C=O) groups excluding carboxylic acids is 1. The van der Waals surface area contributed by atoms with E-state index in [1.54, 1.807) is 67.2 Å². The van der Waals surface area contributed by atoms with Gasteiger partial charge in [0.25, 0.3) is 0 Å². The Balaban J connectivity index is 0. The Kier molecular flexibility index (Phi) is 58.2. The van der Waals surface area contributed by atoms with Crippen LogP contribution in [0.3, 0.4) is 0 Å². The number of nitrogens with one attached hydrogen (secondary N) is 6. The molecule has 9 aromatic carbocycles. The number of aromatic amines is 4. The standard InChI is InChI=1S/C11H10.C9H9NO.3C8H8N2.C8H9N.C8H7N.C8H10.8CH3B2.CH4/c1-9-5-4-7-10-6-2-3-8-11(9)10;1-6-3-2-4-8-7(6)5-9(11)10-8;1-6-3-2-4-8-7(6)5-9-10-8;2*1-6-3-2-4-7-8(6)10-5-9-7;2*1-2-4-8-7(3-1)5-6-9-8;1-7-4-3-5-8(2)6-7;8*1-3-2;/h2-8H,1H3;2-4H,5H2,1H3,(H,10,11);3*2-5H,1H3,(H,9,10);1-4,9H,5-6H2;1-6,9H;3-6H,1-2H3;8*1H3;1H4. The SMILES string of the molecule is C.Cc1cccc(C)c1.Cc1cccc2[nH]cnc12.Cc1cccc2[nH]cnc12.Cc1cccc2[nH]ncc12.Cc1cccc2c1CC(=O)N2.Cc1cccc2ccccc12.[B][B]C.[B][B]C.[B][B]C.[B][B]C.[B][B]C.[B][B]C.[B][B]C.[B][B]C.c1ccc2[nH]ccc2c1.c1ccc2c(c1)CCN2. The van der Waals surface area contributed by atoms with Crippen molar-refractivity contribution in [2.45, 2.75) is 123 Å². The van der Waals surface area contributed by atoms with Crippen molar-refractivity contribution < 1.29 is 4.79 Å². The molecule has 504 valence electrons. The summed E-state index contributed by atoms with van der Waals surface area (Å²) in [5.74, 6) is 0.106. The van der Waals surface area contributed by atoms with Crippen molar-refractivity contribution in [1.29, 1.82) is 0 Å². The second-order valence-electron chi connectivity index (χ2n) is 22.0. The predicted molar refractivity (Wildman–Crippen MR) is 473 cm³/mol. The van der Waals surface area contributed by atoms with E-state index in [2.05, 4.69) is 215 Å². The second-order valence-corrected chi connectivity index (χ2v) is 22.0. The molecule has 2 aliphatic heterocycles. The number of imidazole rings is 2. The molecular weight excluding hydrogens is 1240 g/mol. The highest BCUT2D eigenvalue weighted by molar-refractivity contribution is 6.90. The molecule has 0 saturated carbocycles. The maximum atomic E-state index is 10.9. The molecule has 1 amide bonds. The Morgan fingerprint density at radius 3 is 1.25 bits per heavy atom. The Morgan fingerprint density at radius 2 is 0.786 bits per heavy atom. The average molecular weight is 1340 g/mol. The van der Waals surface area contributed by atoms with Crippen LogP contribution in [0.2, 0.25) is 54.6 Å². The third-order valence-electron chi connectivity index (χ3n) is 13.4. The highest BCUT2D eigenvalue weighted by Gasteiger charge is 2.18. The number of para-hydroxylation sites is 4. The van der Waals surface area contributed by atoms with Crippen LogP contribution in [0.25, 0.3) is 54.6 Å². The predicted octanol–water partition coefficient (Wildman–Crippen LogP) is 15.6. The van der Waals surface area contributed by atoms with Crippen LogP contribution in [0.5, 0.6) is 0 Å². The van der Waals surface area contributed by atoms with Gasteiger partial charge in [0.05, 0.1) is 110 Å². The molecule has 0 bridgehead atoms. The molecule has 2 aliphatic rings. The smallest absolute Gasteiger partial charge is 0.228 e. The number of hydrogen-bond acceptors (Lipinski definition) is 5. The van der Waals surface area contributed by atoms with Crippen molar-refractivity contribution in [1.82, 2.24) is 35.1 Å². The molecule has 26 heteroatoms. The van der Waals surface area contributed by atoms with Gasteiger partial charge in [-0.2, -0.15) is 5.10 Å². The van der Waals surface area contributed by atoms with Gasteiger partial charge < -0.3 is 25.6 Å². The van der Waals surface area contributed by atoms with Gasteiger partial charge in [0, 0.05) is 96.9 Å². The molecular formula is C77H97B16N9O. The number of rotatable bonds is 0. The maximum Gasteiger partial charge on any atom is 0.228 e. The van der Waals surface area contributed by atoms with Gasteiger partial charge in [0.15, 0.2) is 0 Å². The van der Waals surface area contributed by atoms with E-state index in [9.17, 15) is 4.79 Å². The minimum atomic E-state index is 0. The summed E-state index contributed by atoms with van der Waals surface area (Å²) in [5, 5.41) is 18.1. The number of aryl methyl sites for hydroxylation is 7. The van der Waals surface area contributed by atoms with Crippen LogP contribution in [0.15, 0.2) is 219 Å². The molecule has 0 saturated heterocycles. The Labute approximate surface area is 636 Å². The molecule has 0 atom stereocenters. The normalized spacial score (nSPS) is 9.60. The minimum absolute atomic E-state index is 0. The highest BCUT2D eigenvalue weighted by Crippen LogP contribution is 2.25. The van der Waals surface area contributed by atoms with Crippen LogP contribution in [0.4, 0.5) is 11.4 Å². The summed E-state index contributed by atoms with van der Waals surface area (Å²) < 4.78 is 0. The third kappa shape index (κ3) is 40.8. The number of aromatic nitrogens is 7. The number of nitrogens with zero attached hydrogens (tertiary/aromatic N) is 3. The molecule has 15 rings (SSSR count). The molecule has 24 radical (unpaired) electrons. The first-order valence-electron chi connectivity index (χ1n) is 33.6. The summed E-state index contributed by atoms with van der Waals surface area (Å²) in [6.07, 6.45) is 8.98. The van der Waals surface area contributed by atoms with Crippen molar-refractivity contribution in [3.8, 4) is 0 Å². The number of amides is 1.